The Hall–Kier alpha value is -2.12. The maximum Gasteiger partial charge on any atom is 0.291 e. The van der Waals surface area contributed by atoms with E-state index in [1.54, 1.807) is 12.1 Å². The summed E-state index contributed by atoms with van der Waals surface area (Å²) in [7, 11) is -3.89. The molecule has 94 valence electrons. The summed E-state index contributed by atoms with van der Waals surface area (Å²) >= 11 is 0. The number of anilines is 1. The van der Waals surface area contributed by atoms with E-state index in [2.05, 4.69) is 5.32 Å². The summed E-state index contributed by atoms with van der Waals surface area (Å²) in [6.45, 7) is 0. The molecule has 7 heteroatoms. The van der Waals surface area contributed by atoms with Crippen molar-refractivity contribution in [2.75, 3.05) is 5.32 Å². The Labute approximate surface area is 103 Å². The zero-order valence-corrected chi connectivity index (χ0v) is 9.98. The van der Waals surface area contributed by atoms with Crippen LogP contribution in [-0.4, -0.2) is 14.3 Å². The summed E-state index contributed by atoms with van der Waals surface area (Å²) in [5.41, 5.74) is 0.112. The molecule has 0 bridgehead atoms. The van der Waals surface area contributed by atoms with E-state index in [4.69, 9.17) is 9.56 Å². The number of amides is 1. The molecular weight excluding hydrogens is 256 g/mol. The monoisotopic (exact) mass is 266 g/mol. The summed E-state index contributed by atoms with van der Waals surface area (Å²) in [5, 5.41) is 7.48. The fourth-order valence-corrected chi connectivity index (χ4v) is 2.10. The van der Waals surface area contributed by atoms with E-state index in [9.17, 15) is 13.2 Å². The van der Waals surface area contributed by atoms with Crippen LogP contribution < -0.4 is 10.5 Å². The van der Waals surface area contributed by atoms with Gasteiger partial charge in [-0.1, -0.05) is 12.1 Å². The number of para-hydroxylation sites is 1. The third kappa shape index (κ3) is 2.58. The first kappa shape index (κ1) is 12.3. The van der Waals surface area contributed by atoms with Gasteiger partial charge in [0.15, 0.2) is 5.76 Å². The van der Waals surface area contributed by atoms with Gasteiger partial charge in [-0.15, -0.1) is 0 Å². The Balaban J connectivity index is 2.33. The first-order chi connectivity index (χ1) is 8.48. The van der Waals surface area contributed by atoms with Crippen LogP contribution in [0.4, 0.5) is 5.69 Å². The molecule has 0 atom stereocenters. The maximum absolute atomic E-state index is 11.7. The van der Waals surface area contributed by atoms with Gasteiger partial charge in [0.1, 0.15) is 4.90 Å². The van der Waals surface area contributed by atoms with Gasteiger partial charge >= 0.3 is 0 Å². The van der Waals surface area contributed by atoms with Crippen molar-refractivity contribution in [1.82, 2.24) is 0 Å². The van der Waals surface area contributed by atoms with E-state index < -0.39 is 15.9 Å². The predicted octanol–water partition coefficient (Wildman–Crippen LogP) is 1.18. The number of carbonyl (C=O) groups excluding carboxylic acids is 1. The van der Waals surface area contributed by atoms with Crippen LogP contribution in [0, 0.1) is 0 Å². The molecule has 0 aliphatic carbocycles. The second kappa shape index (κ2) is 4.63. The van der Waals surface area contributed by atoms with Crippen molar-refractivity contribution < 1.29 is 17.6 Å². The lowest BCUT2D eigenvalue weighted by molar-refractivity contribution is 0.0996. The summed E-state index contributed by atoms with van der Waals surface area (Å²) in [4.78, 5) is 11.6. The Morgan fingerprint density at radius 3 is 2.50 bits per heavy atom. The number of hydrogen-bond acceptors (Lipinski definition) is 4. The topological polar surface area (TPSA) is 102 Å². The Bertz CT molecular complexity index is 662. The lowest BCUT2D eigenvalue weighted by Crippen LogP contribution is -2.18. The lowest BCUT2D eigenvalue weighted by atomic mass is 10.3. The standard InChI is InChI=1S/C11H10N2O4S/c12-18(15,16)10-6-2-1-4-8(10)13-11(14)9-5-3-7-17-9/h1-7H,(H,13,14)(H2,12,15,16). The highest BCUT2D eigenvalue weighted by Gasteiger charge is 2.16. The fraction of sp³-hybridized carbons (Fsp3) is 0. The Kier molecular flexibility index (Phi) is 3.17. The van der Waals surface area contributed by atoms with Gasteiger partial charge in [0.25, 0.3) is 5.91 Å². The minimum absolute atomic E-state index is 0.0826. The average Bonchev–Trinajstić information content (AvgIpc) is 2.81. The molecule has 1 heterocycles. The van der Waals surface area contributed by atoms with E-state index in [1.165, 1.54) is 30.5 Å². The second-order valence-electron chi connectivity index (χ2n) is 3.47. The zero-order chi connectivity index (χ0) is 13.2. The van der Waals surface area contributed by atoms with Crippen molar-refractivity contribution in [1.29, 1.82) is 0 Å². The number of hydrogen-bond donors (Lipinski definition) is 2. The van der Waals surface area contributed by atoms with Gasteiger partial charge in [0.05, 0.1) is 12.0 Å². The van der Waals surface area contributed by atoms with Gasteiger partial charge in [0, 0.05) is 0 Å². The quantitative estimate of drug-likeness (QED) is 0.870. The molecular formula is C11H10N2O4S. The first-order valence-corrected chi connectivity index (χ1v) is 6.50. The average molecular weight is 266 g/mol. The predicted molar refractivity (Wildman–Crippen MR) is 64.5 cm³/mol. The Morgan fingerprint density at radius 1 is 1.17 bits per heavy atom. The minimum atomic E-state index is -3.89. The van der Waals surface area contributed by atoms with Crippen molar-refractivity contribution in [3.63, 3.8) is 0 Å². The highest BCUT2D eigenvalue weighted by Crippen LogP contribution is 2.20. The molecule has 1 amide bonds. The molecule has 3 N–H and O–H groups in total. The van der Waals surface area contributed by atoms with Crippen LogP contribution in [0.3, 0.4) is 0 Å². The summed E-state index contributed by atoms with van der Waals surface area (Å²) in [6.07, 6.45) is 1.35. The number of carbonyl (C=O) groups is 1. The number of nitrogens with two attached hydrogens (primary N) is 1. The van der Waals surface area contributed by atoms with Gasteiger partial charge in [-0.3, -0.25) is 4.79 Å². The number of sulfonamides is 1. The number of furan rings is 1. The molecule has 18 heavy (non-hydrogen) atoms. The molecule has 0 fully saturated rings. The van der Waals surface area contributed by atoms with Crippen molar-refractivity contribution in [3.05, 3.63) is 48.4 Å². The molecule has 0 saturated heterocycles. The molecule has 2 aromatic rings. The SMILES string of the molecule is NS(=O)(=O)c1ccccc1NC(=O)c1ccco1. The van der Waals surface area contributed by atoms with Crippen molar-refractivity contribution in [3.8, 4) is 0 Å². The third-order valence-electron chi connectivity index (χ3n) is 2.19. The largest absolute Gasteiger partial charge is 0.459 e. The van der Waals surface area contributed by atoms with Crippen LogP contribution in [0.2, 0.25) is 0 Å². The normalized spacial score (nSPS) is 11.2. The second-order valence-corrected chi connectivity index (χ2v) is 5.00. The number of benzene rings is 1. The summed E-state index contributed by atoms with van der Waals surface area (Å²) in [5.74, 6) is -0.463. The molecule has 0 aliphatic heterocycles. The van der Waals surface area contributed by atoms with Crippen LogP contribution in [-0.2, 0) is 10.0 Å². The molecule has 0 unspecified atom stereocenters. The molecule has 0 radical (unpaired) electrons. The van der Waals surface area contributed by atoms with Crippen molar-refractivity contribution in [2.24, 2.45) is 5.14 Å². The third-order valence-corrected chi connectivity index (χ3v) is 3.16. The molecule has 1 aromatic heterocycles. The zero-order valence-electron chi connectivity index (χ0n) is 9.16. The molecule has 1 aromatic carbocycles. The van der Waals surface area contributed by atoms with Crippen LogP contribution in [0.1, 0.15) is 10.6 Å². The van der Waals surface area contributed by atoms with Crippen LogP contribution >= 0.6 is 0 Å². The number of primary sulfonamides is 1. The Morgan fingerprint density at radius 2 is 1.89 bits per heavy atom. The van der Waals surface area contributed by atoms with Gasteiger partial charge in [0.2, 0.25) is 10.0 Å². The molecule has 0 spiro atoms. The summed E-state index contributed by atoms with van der Waals surface area (Å²) < 4.78 is 27.5. The van der Waals surface area contributed by atoms with Gasteiger partial charge in [-0.05, 0) is 24.3 Å². The molecule has 0 aliphatic rings. The highest BCUT2D eigenvalue weighted by atomic mass is 32.2. The summed E-state index contributed by atoms with van der Waals surface area (Å²) in [6, 6.07) is 8.89. The van der Waals surface area contributed by atoms with E-state index >= 15 is 0 Å². The van der Waals surface area contributed by atoms with Crippen LogP contribution in [0.25, 0.3) is 0 Å². The van der Waals surface area contributed by atoms with Gasteiger partial charge in [-0.2, -0.15) is 0 Å². The van der Waals surface area contributed by atoms with E-state index in [-0.39, 0.29) is 16.3 Å². The van der Waals surface area contributed by atoms with Crippen molar-refractivity contribution in [2.45, 2.75) is 4.90 Å². The van der Waals surface area contributed by atoms with Gasteiger partial charge in [-0.25, -0.2) is 13.6 Å². The highest BCUT2D eigenvalue weighted by molar-refractivity contribution is 7.89. The number of nitrogens with one attached hydrogen (secondary N) is 1. The minimum Gasteiger partial charge on any atom is -0.459 e. The van der Waals surface area contributed by atoms with Gasteiger partial charge < -0.3 is 9.73 Å². The molecule has 2 rings (SSSR count). The van der Waals surface area contributed by atoms with E-state index in [0.29, 0.717) is 0 Å². The first-order valence-electron chi connectivity index (χ1n) is 4.95. The van der Waals surface area contributed by atoms with E-state index in [0.717, 1.165) is 0 Å². The molecule has 0 saturated carbocycles. The fourth-order valence-electron chi connectivity index (χ4n) is 1.41. The van der Waals surface area contributed by atoms with E-state index in [1.807, 2.05) is 0 Å². The molecule has 6 nitrogen and oxygen atoms in total. The van der Waals surface area contributed by atoms with Crippen LogP contribution in [0.5, 0.6) is 0 Å². The van der Waals surface area contributed by atoms with Crippen LogP contribution in [0.15, 0.2) is 52.0 Å². The van der Waals surface area contributed by atoms with Crippen molar-refractivity contribution >= 4 is 21.6 Å². The lowest BCUT2D eigenvalue weighted by Gasteiger charge is -2.07. The smallest absolute Gasteiger partial charge is 0.291 e. The number of rotatable bonds is 3. The maximum atomic E-state index is 11.7.